The van der Waals surface area contributed by atoms with Crippen LogP contribution in [-0.2, 0) is 0 Å². The smallest absolute Gasteiger partial charge is 0.00815 e. The average Bonchev–Trinajstić information content (AvgIpc) is 2.01. The monoisotopic (exact) mass is 199 g/mol. The fourth-order valence-corrected chi connectivity index (χ4v) is 2.48. The van der Waals surface area contributed by atoms with Crippen molar-refractivity contribution in [2.45, 2.75) is 45.3 Å². The second-order valence-electron chi connectivity index (χ2n) is 3.59. The fourth-order valence-electron chi connectivity index (χ4n) is 1.09. The maximum absolute atomic E-state index is 7.31. The second kappa shape index (κ2) is 7.19. The molecule has 0 radical (unpaired) electrons. The van der Waals surface area contributed by atoms with Gasteiger partial charge >= 0.3 is 0 Å². The predicted molar refractivity (Wildman–Crippen MR) is 64.0 cm³/mol. The van der Waals surface area contributed by atoms with Gasteiger partial charge in [0.05, 0.1) is 0 Å². The summed E-state index contributed by atoms with van der Waals surface area (Å²) in [4.78, 5) is 0. The molecule has 0 aliphatic carbocycles. The highest BCUT2D eigenvalue weighted by Gasteiger charge is 2.06. The van der Waals surface area contributed by atoms with E-state index in [4.69, 9.17) is 5.41 Å². The van der Waals surface area contributed by atoms with Gasteiger partial charge in [0.25, 0.3) is 0 Å². The first-order chi connectivity index (χ1) is 6.06. The van der Waals surface area contributed by atoms with Crippen LogP contribution >= 0.6 is 11.8 Å². The first-order valence-corrected chi connectivity index (χ1v) is 5.91. The zero-order valence-electron chi connectivity index (χ0n) is 9.02. The lowest BCUT2D eigenvalue weighted by molar-refractivity contribution is 0.809. The molecule has 0 bridgehead atoms. The van der Waals surface area contributed by atoms with Gasteiger partial charge in [0, 0.05) is 11.0 Å². The Labute approximate surface area is 86.5 Å². The molecule has 0 aromatic heterocycles. The number of rotatable bonds is 7. The molecule has 0 rings (SSSR count). The minimum absolute atomic E-state index is 0.705. The van der Waals surface area contributed by atoms with Crippen molar-refractivity contribution in [1.29, 1.82) is 5.41 Å². The average molecular weight is 199 g/mol. The highest BCUT2D eigenvalue weighted by atomic mass is 32.2. The van der Waals surface area contributed by atoms with Crippen LogP contribution in [0.5, 0.6) is 0 Å². The molecule has 0 aromatic rings. The van der Waals surface area contributed by atoms with Crippen molar-refractivity contribution < 1.29 is 0 Å². The number of hydrogen-bond acceptors (Lipinski definition) is 2. The molecule has 0 aliphatic rings. The van der Waals surface area contributed by atoms with E-state index in [9.17, 15) is 0 Å². The molecule has 0 spiro atoms. The van der Waals surface area contributed by atoms with Crippen LogP contribution in [0.4, 0.5) is 0 Å². The fraction of sp³-hybridized carbons (Fsp3) is 0.727. The van der Waals surface area contributed by atoms with E-state index in [0.29, 0.717) is 5.25 Å². The van der Waals surface area contributed by atoms with Gasteiger partial charge in [-0.2, -0.15) is 11.8 Å². The maximum atomic E-state index is 7.31. The Bertz CT molecular complexity index is 175. The highest BCUT2D eigenvalue weighted by molar-refractivity contribution is 7.99. The van der Waals surface area contributed by atoms with E-state index in [-0.39, 0.29) is 0 Å². The van der Waals surface area contributed by atoms with Crippen molar-refractivity contribution >= 4 is 17.5 Å². The van der Waals surface area contributed by atoms with Crippen molar-refractivity contribution in [2.24, 2.45) is 0 Å². The van der Waals surface area contributed by atoms with E-state index >= 15 is 0 Å². The lowest BCUT2D eigenvalue weighted by Crippen LogP contribution is -2.03. The summed E-state index contributed by atoms with van der Waals surface area (Å²) in [6, 6.07) is 0. The molecule has 2 heteroatoms. The summed E-state index contributed by atoms with van der Waals surface area (Å²) >= 11 is 1.98. The summed E-state index contributed by atoms with van der Waals surface area (Å²) in [6.45, 7) is 10.1. The molecular weight excluding hydrogens is 178 g/mol. The molecule has 13 heavy (non-hydrogen) atoms. The summed E-state index contributed by atoms with van der Waals surface area (Å²) in [5, 5.41) is 8.01. The maximum Gasteiger partial charge on any atom is 0.00815 e. The molecule has 0 saturated carbocycles. The molecule has 0 fully saturated rings. The van der Waals surface area contributed by atoms with Gasteiger partial charge in [-0.25, -0.2) is 0 Å². The molecule has 1 unspecified atom stereocenters. The summed E-state index contributed by atoms with van der Waals surface area (Å²) < 4.78 is 0. The van der Waals surface area contributed by atoms with Crippen molar-refractivity contribution in [1.82, 2.24) is 0 Å². The van der Waals surface area contributed by atoms with Crippen LogP contribution in [0.15, 0.2) is 12.2 Å². The number of nitrogens with one attached hydrogen (secondary N) is 1. The van der Waals surface area contributed by atoms with Gasteiger partial charge in [0.2, 0.25) is 0 Å². The van der Waals surface area contributed by atoms with E-state index in [2.05, 4.69) is 20.4 Å². The van der Waals surface area contributed by atoms with Crippen LogP contribution in [0.25, 0.3) is 0 Å². The molecular formula is C11H21NS. The standard InChI is InChI=1S/C11H21NS/c1-5-11(8-9(2)3)13-7-6-10(4)12/h11-12H,2,5-8H2,1,3-4H3. The lowest BCUT2D eigenvalue weighted by atomic mass is 10.1. The van der Waals surface area contributed by atoms with Crippen molar-refractivity contribution in [2.75, 3.05) is 5.75 Å². The molecule has 0 heterocycles. The Morgan fingerprint density at radius 1 is 1.46 bits per heavy atom. The van der Waals surface area contributed by atoms with Crippen LogP contribution in [0.2, 0.25) is 0 Å². The molecule has 0 aliphatic heterocycles. The number of thioether (sulfide) groups is 1. The molecule has 0 saturated heterocycles. The van der Waals surface area contributed by atoms with Gasteiger partial charge in [0.1, 0.15) is 0 Å². The van der Waals surface area contributed by atoms with Crippen LogP contribution in [0.1, 0.15) is 40.0 Å². The third kappa shape index (κ3) is 8.10. The molecule has 0 amide bonds. The summed E-state index contributed by atoms with van der Waals surface area (Å²) in [5.74, 6) is 1.08. The molecule has 1 nitrogen and oxygen atoms in total. The van der Waals surface area contributed by atoms with Crippen molar-refractivity contribution in [3.8, 4) is 0 Å². The Kier molecular flexibility index (Phi) is 7.06. The van der Waals surface area contributed by atoms with Crippen LogP contribution in [-0.4, -0.2) is 16.7 Å². The van der Waals surface area contributed by atoms with E-state index in [1.165, 1.54) is 12.0 Å². The first-order valence-electron chi connectivity index (χ1n) is 4.86. The molecule has 0 aromatic carbocycles. The third-order valence-electron chi connectivity index (χ3n) is 1.86. The Morgan fingerprint density at radius 2 is 2.08 bits per heavy atom. The topological polar surface area (TPSA) is 23.9 Å². The van der Waals surface area contributed by atoms with Gasteiger partial charge in [0.15, 0.2) is 0 Å². The Balaban J connectivity index is 3.59. The minimum atomic E-state index is 0.705. The van der Waals surface area contributed by atoms with Gasteiger partial charge < -0.3 is 5.41 Å². The molecule has 1 atom stereocenters. The van der Waals surface area contributed by atoms with Gasteiger partial charge in [-0.05, 0) is 38.9 Å². The van der Waals surface area contributed by atoms with Crippen LogP contribution in [0.3, 0.4) is 0 Å². The Morgan fingerprint density at radius 3 is 2.46 bits per heavy atom. The van der Waals surface area contributed by atoms with E-state index in [0.717, 1.165) is 24.3 Å². The number of hydrogen-bond donors (Lipinski definition) is 1. The van der Waals surface area contributed by atoms with Gasteiger partial charge in [-0.15, -0.1) is 6.58 Å². The third-order valence-corrected chi connectivity index (χ3v) is 3.27. The van der Waals surface area contributed by atoms with Gasteiger partial charge in [-0.3, -0.25) is 0 Å². The Hall–Kier alpha value is -0.240. The molecule has 1 N–H and O–H groups in total. The molecule has 76 valence electrons. The second-order valence-corrected chi connectivity index (χ2v) is 5.00. The summed E-state index contributed by atoms with van der Waals surface area (Å²) in [6.07, 6.45) is 3.25. The quantitative estimate of drug-likeness (QED) is 0.488. The number of allylic oxidation sites excluding steroid dienone is 1. The summed E-state index contributed by atoms with van der Waals surface area (Å²) in [5.41, 5.74) is 2.06. The summed E-state index contributed by atoms with van der Waals surface area (Å²) in [7, 11) is 0. The van der Waals surface area contributed by atoms with Gasteiger partial charge in [-0.1, -0.05) is 12.5 Å². The minimum Gasteiger partial charge on any atom is -0.310 e. The SMILES string of the molecule is C=C(C)CC(CC)SCCC(C)=N. The van der Waals surface area contributed by atoms with Crippen LogP contribution in [0, 0.1) is 5.41 Å². The highest BCUT2D eigenvalue weighted by Crippen LogP contribution is 2.21. The van der Waals surface area contributed by atoms with Crippen molar-refractivity contribution in [3.63, 3.8) is 0 Å². The van der Waals surface area contributed by atoms with E-state index in [1.54, 1.807) is 0 Å². The normalized spacial score (nSPS) is 12.5. The first kappa shape index (κ1) is 12.8. The van der Waals surface area contributed by atoms with Crippen molar-refractivity contribution in [3.05, 3.63) is 12.2 Å². The zero-order valence-corrected chi connectivity index (χ0v) is 9.84. The zero-order chi connectivity index (χ0) is 10.3. The predicted octanol–water partition coefficient (Wildman–Crippen LogP) is 3.89. The van der Waals surface area contributed by atoms with Crippen LogP contribution < -0.4 is 0 Å². The largest absolute Gasteiger partial charge is 0.310 e. The van der Waals surface area contributed by atoms with E-state index in [1.807, 2.05) is 18.7 Å². The lowest BCUT2D eigenvalue weighted by Gasteiger charge is -2.13. The van der Waals surface area contributed by atoms with E-state index < -0.39 is 0 Å².